The SMILES string of the molecule is CCC1CCN(C(=O)c2ccc3cn[nH]c3c2)CC1. The number of carbonyl (C=O) groups excluding carboxylic acids is 1. The van der Waals surface area contributed by atoms with Crippen LogP contribution in [-0.2, 0) is 0 Å². The Hall–Kier alpha value is -1.84. The van der Waals surface area contributed by atoms with Gasteiger partial charge in [0.05, 0.1) is 11.7 Å². The molecular weight excluding hydrogens is 238 g/mol. The van der Waals surface area contributed by atoms with Gasteiger partial charge in [0.25, 0.3) is 5.91 Å². The van der Waals surface area contributed by atoms with E-state index in [0.29, 0.717) is 0 Å². The van der Waals surface area contributed by atoms with Crippen LogP contribution in [0.2, 0.25) is 0 Å². The minimum atomic E-state index is 0.144. The number of aromatic amines is 1. The first kappa shape index (κ1) is 12.2. The molecule has 1 aliphatic heterocycles. The monoisotopic (exact) mass is 257 g/mol. The van der Waals surface area contributed by atoms with Crippen LogP contribution in [-0.4, -0.2) is 34.1 Å². The summed E-state index contributed by atoms with van der Waals surface area (Å²) in [4.78, 5) is 14.4. The fourth-order valence-corrected chi connectivity index (χ4v) is 2.80. The Morgan fingerprint density at radius 2 is 2.21 bits per heavy atom. The molecule has 3 rings (SSSR count). The predicted molar refractivity (Wildman–Crippen MR) is 75.0 cm³/mol. The Kier molecular flexibility index (Phi) is 3.23. The van der Waals surface area contributed by atoms with Gasteiger partial charge < -0.3 is 4.90 Å². The second-order valence-electron chi connectivity index (χ2n) is 5.32. The van der Waals surface area contributed by atoms with Crippen LogP contribution >= 0.6 is 0 Å². The number of piperidine rings is 1. The zero-order valence-corrected chi connectivity index (χ0v) is 11.2. The fourth-order valence-electron chi connectivity index (χ4n) is 2.80. The van der Waals surface area contributed by atoms with Gasteiger partial charge in [-0.1, -0.05) is 19.4 Å². The van der Waals surface area contributed by atoms with Crippen molar-refractivity contribution >= 4 is 16.8 Å². The van der Waals surface area contributed by atoms with E-state index in [2.05, 4.69) is 17.1 Å². The highest BCUT2D eigenvalue weighted by Gasteiger charge is 2.22. The van der Waals surface area contributed by atoms with E-state index in [9.17, 15) is 4.79 Å². The molecule has 1 amide bonds. The van der Waals surface area contributed by atoms with Crippen LogP contribution < -0.4 is 0 Å². The van der Waals surface area contributed by atoms with E-state index in [4.69, 9.17) is 0 Å². The lowest BCUT2D eigenvalue weighted by molar-refractivity contribution is 0.0689. The quantitative estimate of drug-likeness (QED) is 0.899. The number of H-pyrrole nitrogens is 1. The number of nitrogens with one attached hydrogen (secondary N) is 1. The van der Waals surface area contributed by atoms with Gasteiger partial charge in [-0.25, -0.2) is 0 Å². The number of nitrogens with zero attached hydrogens (tertiary/aromatic N) is 2. The van der Waals surface area contributed by atoms with Crippen LogP contribution in [0.5, 0.6) is 0 Å². The van der Waals surface area contributed by atoms with Gasteiger partial charge in [-0.3, -0.25) is 9.89 Å². The summed E-state index contributed by atoms with van der Waals surface area (Å²) in [5.41, 5.74) is 1.68. The van der Waals surface area contributed by atoms with E-state index in [-0.39, 0.29) is 5.91 Å². The molecule has 1 saturated heterocycles. The average Bonchev–Trinajstić information content (AvgIpc) is 2.94. The molecule has 0 bridgehead atoms. The molecule has 0 unspecified atom stereocenters. The molecule has 1 fully saturated rings. The lowest BCUT2D eigenvalue weighted by Crippen LogP contribution is -2.38. The molecule has 1 aromatic heterocycles. The van der Waals surface area contributed by atoms with Gasteiger partial charge in [-0.2, -0.15) is 5.10 Å². The lowest BCUT2D eigenvalue weighted by atomic mass is 9.94. The second kappa shape index (κ2) is 5.03. The van der Waals surface area contributed by atoms with Gasteiger partial charge >= 0.3 is 0 Å². The van der Waals surface area contributed by atoms with Crippen molar-refractivity contribution in [2.75, 3.05) is 13.1 Å². The number of benzene rings is 1. The van der Waals surface area contributed by atoms with Crippen molar-refractivity contribution < 1.29 is 4.79 Å². The van der Waals surface area contributed by atoms with Crippen molar-refractivity contribution in [2.45, 2.75) is 26.2 Å². The Morgan fingerprint density at radius 3 is 2.95 bits per heavy atom. The van der Waals surface area contributed by atoms with E-state index in [1.165, 1.54) is 6.42 Å². The van der Waals surface area contributed by atoms with E-state index in [1.54, 1.807) is 6.20 Å². The molecule has 4 nitrogen and oxygen atoms in total. The highest BCUT2D eigenvalue weighted by atomic mass is 16.2. The van der Waals surface area contributed by atoms with E-state index >= 15 is 0 Å². The minimum absolute atomic E-state index is 0.144. The lowest BCUT2D eigenvalue weighted by Gasteiger charge is -2.31. The summed E-state index contributed by atoms with van der Waals surface area (Å²) in [6.07, 6.45) is 5.27. The summed E-state index contributed by atoms with van der Waals surface area (Å²) < 4.78 is 0. The number of hydrogen-bond donors (Lipinski definition) is 1. The van der Waals surface area contributed by atoms with Crippen LogP contribution in [0.25, 0.3) is 10.9 Å². The topological polar surface area (TPSA) is 49.0 Å². The zero-order valence-electron chi connectivity index (χ0n) is 11.2. The third-order valence-electron chi connectivity index (χ3n) is 4.17. The first-order valence-electron chi connectivity index (χ1n) is 7.00. The van der Waals surface area contributed by atoms with E-state index < -0.39 is 0 Å². The molecule has 0 radical (unpaired) electrons. The van der Waals surface area contributed by atoms with Crippen molar-refractivity contribution in [1.82, 2.24) is 15.1 Å². The number of likely N-dealkylation sites (tertiary alicyclic amines) is 1. The summed E-state index contributed by atoms with van der Waals surface area (Å²) in [7, 11) is 0. The van der Waals surface area contributed by atoms with Gasteiger partial charge in [-0.05, 0) is 30.9 Å². The molecule has 4 heteroatoms. The Bertz CT molecular complexity index is 582. The average molecular weight is 257 g/mol. The van der Waals surface area contributed by atoms with Crippen LogP contribution in [0.15, 0.2) is 24.4 Å². The number of carbonyl (C=O) groups is 1. The number of hydrogen-bond acceptors (Lipinski definition) is 2. The number of aromatic nitrogens is 2. The standard InChI is InChI=1S/C15H19N3O/c1-2-11-5-7-18(8-6-11)15(19)12-3-4-13-10-16-17-14(13)9-12/h3-4,9-11H,2,5-8H2,1H3,(H,16,17). The Morgan fingerprint density at radius 1 is 1.42 bits per heavy atom. The summed E-state index contributed by atoms with van der Waals surface area (Å²) in [5.74, 6) is 0.935. The molecule has 1 N–H and O–H groups in total. The van der Waals surface area contributed by atoms with Gasteiger partial charge in [0.1, 0.15) is 0 Å². The molecule has 0 spiro atoms. The number of amides is 1. The largest absolute Gasteiger partial charge is 0.339 e. The van der Waals surface area contributed by atoms with Crippen LogP contribution in [0.4, 0.5) is 0 Å². The molecule has 2 heterocycles. The summed E-state index contributed by atoms with van der Waals surface area (Å²) in [5, 5.41) is 7.94. The maximum Gasteiger partial charge on any atom is 0.253 e. The molecular formula is C15H19N3O. The van der Waals surface area contributed by atoms with Gasteiger partial charge in [0.15, 0.2) is 0 Å². The van der Waals surface area contributed by atoms with E-state index in [0.717, 1.165) is 48.3 Å². The predicted octanol–water partition coefficient (Wildman–Crippen LogP) is 2.83. The van der Waals surface area contributed by atoms with Crippen molar-refractivity contribution in [3.05, 3.63) is 30.0 Å². The smallest absolute Gasteiger partial charge is 0.253 e. The highest BCUT2D eigenvalue weighted by molar-refractivity contribution is 5.97. The number of rotatable bonds is 2. The van der Waals surface area contributed by atoms with Crippen molar-refractivity contribution in [3.8, 4) is 0 Å². The maximum atomic E-state index is 12.5. The normalized spacial score (nSPS) is 17.0. The van der Waals surface area contributed by atoms with Gasteiger partial charge in [0, 0.05) is 24.0 Å². The van der Waals surface area contributed by atoms with E-state index in [1.807, 2.05) is 23.1 Å². The zero-order chi connectivity index (χ0) is 13.2. The molecule has 2 aromatic rings. The first-order chi connectivity index (χ1) is 9.28. The highest BCUT2D eigenvalue weighted by Crippen LogP contribution is 2.22. The van der Waals surface area contributed by atoms with Crippen molar-refractivity contribution in [1.29, 1.82) is 0 Å². The second-order valence-corrected chi connectivity index (χ2v) is 5.32. The van der Waals surface area contributed by atoms with Crippen LogP contribution in [0.3, 0.4) is 0 Å². The summed E-state index contributed by atoms with van der Waals surface area (Å²) >= 11 is 0. The first-order valence-corrected chi connectivity index (χ1v) is 7.00. The molecule has 19 heavy (non-hydrogen) atoms. The molecule has 1 aliphatic rings. The summed E-state index contributed by atoms with van der Waals surface area (Å²) in [6.45, 7) is 4.00. The fraction of sp³-hybridized carbons (Fsp3) is 0.467. The van der Waals surface area contributed by atoms with Crippen LogP contribution in [0, 0.1) is 5.92 Å². The molecule has 0 atom stereocenters. The van der Waals surface area contributed by atoms with Crippen molar-refractivity contribution in [3.63, 3.8) is 0 Å². The molecule has 0 saturated carbocycles. The van der Waals surface area contributed by atoms with Gasteiger partial charge in [0.2, 0.25) is 0 Å². The molecule has 1 aromatic carbocycles. The van der Waals surface area contributed by atoms with Gasteiger partial charge in [-0.15, -0.1) is 0 Å². The molecule has 0 aliphatic carbocycles. The third kappa shape index (κ3) is 2.35. The molecule has 100 valence electrons. The minimum Gasteiger partial charge on any atom is -0.339 e. The van der Waals surface area contributed by atoms with Crippen molar-refractivity contribution in [2.24, 2.45) is 5.92 Å². The summed E-state index contributed by atoms with van der Waals surface area (Å²) in [6, 6.07) is 5.74. The Labute approximate surface area is 112 Å². The number of fused-ring (bicyclic) bond motifs is 1. The third-order valence-corrected chi connectivity index (χ3v) is 4.17. The Balaban J connectivity index is 1.76. The maximum absolute atomic E-state index is 12.5. The van der Waals surface area contributed by atoms with Crippen LogP contribution in [0.1, 0.15) is 36.5 Å².